The molecule has 2 aliphatic heterocycles. The molecule has 3 heterocycles. The fourth-order valence-electron chi connectivity index (χ4n) is 4.34. The van der Waals surface area contributed by atoms with Crippen LogP contribution in [0.25, 0.3) is 11.4 Å². The lowest BCUT2D eigenvalue weighted by molar-refractivity contribution is -0.0713. The Morgan fingerprint density at radius 3 is 2.62 bits per heavy atom. The number of hydrogen-bond donors (Lipinski definition) is 1. The van der Waals surface area contributed by atoms with Crippen LogP contribution >= 0.6 is 0 Å². The van der Waals surface area contributed by atoms with Crippen LogP contribution in [0.5, 0.6) is 0 Å². The molecule has 0 saturated carbocycles. The van der Waals surface area contributed by atoms with Crippen molar-refractivity contribution in [2.75, 3.05) is 31.6 Å². The minimum Gasteiger partial charge on any atom is -0.378 e. The first-order chi connectivity index (χ1) is 15.7. The van der Waals surface area contributed by atoms with Gasteiger partial charge < -0.3 is 10.1 Å². The Balaban J connectivity index is 1.29. The third kappa shape index (κ3) is 4.17. The third-order valence-corrected chi connectivity index (χ3v) is 6.22. The van der Waals surface area contributed by atoms with Crippen molar-refractivity contribution in [1.29, 1.82) is 5.26 Å². The summed E-state index contributed by atoms with van der Waals surface area (Å²) < 4.78 is 20.2. The van der Waals surface area contributed by atoms with E-state index in [0.29, 0.717) is 34.6 Å². The van der Waals surface area contributed by atoms with Crippen LogP contribution < -0.4 is 5.32 Å². The lowest BCUT2D eigenvalue weighted by Gasteiger charge is -2.41. The van der Waals surface area contributed by atoms with Crippen LogP contribution in [-0.4, -0.2) is 52.2 Å². The average Bonchev–Trinajstić information content (AvgIpc) is 2.79. The van der Waals surface area contributed by atoms with Gasteiger partial charge in [-0.2, -0.15) is 10.2 Å². The molecular weight excluding hydrogens is 407 g/mol. The van der Waals surface area contributed by atoms with E-state index >= 15 is 0 Å². The first-order valence-corrected chi connectivity index (χ1v) is 10.8. The van der Waals surface area contributed by atoms with Crippen LogP contribution in [0.1, 0.15) is 29.9 Å². The number of aromatic nitrogens is 3. The summed E-state index contributed by atoms with van der Waals surface area (Å²) in [5, 5.41) is 12.4. The number of hydrogen-bond acceptors (Lipinski definition) is 7. The molecule has 0 radical (unpaired) electrons. The van der Waals surface area contributed by atoms with Gasteiger partial charge in [0.1, 0.15) is 12.1 Å². The topological polar surface area (TPSA) is 87.0 Å². The predicted octanol–water partition coefficient (Wildman–Crippen LogP) is 3.87. The normalized spacial score (nSPS) is 17.5. The number of piperidine rings is 1. The summed E-state index contributed by atoms with van der Waals surface area (Å²) in [4.78, 5) is 15.2. The van der Waals surface area contributed by atoms with Crippen LogP contribution in [0.4, 0.5) is 16.0 Å². The fourth-order valence-corrected chi connectivity index (χ4v) is 4.34. The molecule has 2 saturated heterocycles. The van der Waals surface area contributed by atoms with Gasteiger partial charge in [0.25, 0.3) is 0 Å². The van der Waals surface area contributed by atoms with Crippen molar-refractivity contribution in [3.63, 3.8) is 0 Å². The number of halogens is 1. The lowest BCUT2D eigenvalue weighted by atomic mass is 9.88. The van der Waals surface area contributed by atoms with Gasteiger partial charge in [-0.05, 0) is 61.7 Å². The van der Waals surface area contributed by atoms with E-state index in [9.17, 15) is 9.65 Å². The van der Waals surface area contributed by atoms with E-state index in [1.807, 2.05) is 18.2 Å². The van der Waals surface area contributed by atoms with E-state index in [2.05, 4.69) is 31.2 Å². The van der Waals surface area contributed by atoms with Crippen molar-refractivity contribution in [3.8, 4) is 17.5 Å². The quantitative estimate of drug-likeness (QED) is 0.657. The maximum Gasteiger partial charge on any atom is 0.230 e. The monoisotopic (exact) mass is 430 g/mol. The molecule has 7 nitrogen and oxygen atoms in total. The molecule has 2 aromatic carbocycles. The minimum absolute atomic E-state index is 0.218. The average molecular weight is 430 g/mol. The summed E-state index contributed by atoms with van der Waals surface area (Å²) >= 11 is 0. The molecule has 0 spiro atoms. The predicted molar refractivity (Wildman–Crippen MR) is 118 cm³/mol. The minimum atomic E-state index is -0.218. The third-order valence-electron chi connectivity index (χ3n) is 6.22. The zero-order valence-electron chi connectivity index (χ0n) is 17.5. The Morgan fingerprint density at radius 1 is 1.09 bits per heavy atom. The Bertz CT molecular complexity index is 1150. The van der Waals surface area contributed by atoms with E-state index in [1.165, 1.54) is 12.4 Å². The van der Waals surface area contributed by atoms with Gasteiger partial charge >= 0.3 is 0 Å². The summed E-state index contributed by atoms with van der Waals surface area (Å²) in [5.41, 5.74) is 2.44. The van der Waals surface area contributed by atoms with Gasteiger partial charge in [0, 0.05) is 11.3 Å². The Kier molecular flexibility index (Phi) is 5.75. The van der Waals surface area contributed by atoms with E-state index in [1.54, 1.807) is 18.2 Å². The van der Waals surface area contributed by atoms with Crippen molar-refractivity contribution in [1.82, 2.24) is 19.9 Å². The highest BCUT2D eigenvalue weighted by Crippen LogP contribution is 2.33. The summed E-state index contributed by atoms with van der Waals surface area (Å²) in [7, 11) is 0. The fraction of sp³-hybridized carbons (Fsp3) is 0.333. The van der Waals surface area contributed by atoms with Gasteiger partial charge in [-0.25, -0.2) is 14.4 Å². The number of rotatable bonds is 5. The summed E-state index contributed by atoms with van der Waals surface area (Å²) in [5.74, 6) is 0.698. The molecule has 1 aromatic heterocycles. The van der Waals surface area contributed by atoms with Gasteiger partial charge in [0.05, 0.1) is 30.9 Å². The number of likely N-dealkylation sites (tertiary alicyclic amines) is 1. The maximum absolute atomic E-state index is 15.0. The number of nitrogens with zero attached hydrogens (tertiary/aromatic N) is 5. The Labute approximate surface area is 185 Å². The molecule has 8 heteroatoms. The second kappa shape index (κ2) is 8.99. The Morgan fingerprint density at radius 2 is 1.91 bits per heavy atom. The zero-order valence-corrected chi connectivity index (χ0v) is 17.5. The molecule has 5 rings (SSSR count). The number of nitrogens with one attached hydrogen (secondary N) is 1. The van der Waals surface area contributed by atoms with Crippen molar-refractivity contribution in [2.45, 2.75) is 24.8 Å². The van der Waals surface area contributed by atoms with Crippen molar-refractivity contribution in [3.05, 3.63) is 65.7 Å². The molecule has 3 aromatic rings. The zero-order chi connectivity index (χ0) is 21.9. The Hall–Kier alpha value is -3.41. The van der Waals surface area contributed by atoms with E-state index in [0.717, 1.165) is 44.7 Å². The molecule has 0 unspecified atom stereocenters. The molecule has 0 bridgehead atoms. The molecule has 0 aliphatic carbocycles. The number of ether oxygens (including phenoxy) is 1. The van der Waals surface area contributed by atoms with Gasteiger partial charge in [-0.3, -0.25) is 4.90 Å². The first kappa shape index (κ1) is 20.5. The van der Waals surface area contributed by atoms with Gasteiger partial charge in [0.2, 0.25) is 5.95 Å². The molecule has 32 heavy (non-hydrogen) atoms. The van der Waals surface area contributed by atoms with E-state index < -0.39 is 0 Å². The molecular formula is C24H23FN6O. The van der Waals surface area contributed by atoms with E-state index in [-0.39, 0.29) is 11.7 Å². The highest BCUT2D eigenvalue weighted by molar-refractivity contribution is 5.65. The lowest BCUT2D eigenvalue weighted by Crippen LogP contribution is -2.51. The molecule has 0 amide bonds. The molecule has 162 valence electrons. The first-order valence-electron chi connectivity index (χ1n) is 10.8. The van der Waals surface area contributed by atoms with Crippen LogP contribution in [0.2, 0.25) is 0 Å². The van der Waals surface area contributed by atoms with Crippen LogP contribution in [0.3, 0.4) is 0 Å². The summed E-state index contributed by atoms with van der Waals surface area (Å²) in [6, 6.07) is 15.0. The highest BCUT2D eigenvalue weighted by atomic mass is 19.1. The molecule has 2 fully saturated rings. The van der Waals surface area contributed by atoms with Crippen LogP contribution in [-0.2, 0) is 4.74 Å². The second-order valence-electron chi connectivity index (χ2n) is 8.15. The number of anilines is 2. The summed E-state index contributed by atoms with van der Waals surface area (Å²) in [6.07, 6.45) is 3.29. The molecule has 0 atom stereocenters. The number of benzene rings is 2. The summed E-state index contributed by atoms with van der Waals surface area (Å²) in [6.45, 7) is 3.60. The smallest absolute Gasteiger partial charge is 0.230 e. The standard InChI is InChI=1S/C24H23FN6O/c25-22-11-18(5-6-20(22)16-7-9-31(10-8-16)19-13-32-14-19)29-24-28-15-27-23(30-24)21-4-2-1-3-17(21)12-26/h1-6,11,15-16,19H,7-10,13-14H2,(H,27,28,29,30). The SMILES string of the molecule is N#Cc1ccccc1-c1ncnc(Nc2ccc(C3CCN(C4COC4)CC3)c(F)c2)n1. The molecule has 1 N–H and O–H groups in total. The van der Waals surface area contributed by atoms with Gasteiger partial charge in [0.15, 0.2) is 5.82 Å². The van der Waals surface area contributed by atoms with Crippen LogP contribution in [0.15, 0.2) is 48.8 Å². The highest BCUT2D eigenvalue weighted by Gasteiger charge is 2.30. The van der Waals surface area contributed by atoms with E-state index in [4.69, 9.17) is 4.74 Å². The largest absolute Gasteiger partial charge is 0.378 e. The van der Waals surface area contributed by atoms with Gasteiger partial charge in [-0.1, -0.05) is 18.2 Å². The van der Waals surface area contributed by atoms with Crippen molar-refractivity contribution in [2.24, 2.45) is 0 Å². The van der Waals surface area contributed by atoms with Crippen LogP contribution in [0, 0.1) is 17.1 Å². The molecule has 2 aliphatic rings. The second-order valence-corrected chi connectivity index (χ2v) is 8.15. The van der Waals surface area contributed by atoms with Crippen molar-refractivity contribution < 1.29 is 9.13 Å². The van der Waals surface area contributed by atoms with Crippen molar-refractivity contribution >= 4 is 11.6 Å². The number of nitriles is 1. The van der Waals surface area contributed by atoms with Gasteiger partial charge in [-0.15, -0.1) is 0 Å². The maximum atomic E-state index is 15.0.